The normalized spacial score (nSPS) is 19.2. The molecular weight excluding hydrogens is 492 g/mol. The summed E-state index contributed by atoms with van der Waals surface area (Å²) in [6.07, 6.45) is 2.30. The number of carbonyl (C=O) groups is 2. The molecule has 0 saturated heterocycles. The van der Waals surface area contributed by atoms with Crippen molar-refractivity contribution in [2.45, 2.75) is 104 Å². The van der Waals surface area contributed by atoms with Crippen molar-refractivity contribution < 1.29 is 33.1 Å². The number of hydrogen-bond acceptors (Lipinski definition) is 7. The minimum Gasteiger partial charge on any atom is -0.444 e. The van der Waals surface area contributed by atoms with Crippen molar-refractivity contribution in [1.29, 1.82) is 0 Å². The van der Waals surface area contributed by atoms with Gasteiger partial charge in [-0.25, -0.2) is 9.59 Å². The molecule has 2 amide bonds. The van der Waals surface area contributed by atoms with Gasteiger partial charge in [-0.05, 0) is 65.2 Å². The molecule has 37 heavy (non-hydrogen) atoms. The second kappa shape index (κ2) is 12.8. The molecule has 0 N–H and O–H groups in total. The number of amides is 2. The van der Waals surface area contributed by atoms with E-state index in [0.717, 1.165) is 5.57 Å². The lowest BCUT2D eigenvalue weighted by Crippen LogP contribution is -2.58. The van der Waals surface area contributed by atoms with Gasteiger partial charge in [-0.15, -0.1) is 6.58 Å². The summed E-state index contributed by atoms with van der Waals surface area (Å²) in [5.74, 6) is 0. The average Bonchev–Trinajstić information content (AvgIpc) is 2.70. The van der Waals surface area contributed by atoms with Gasteiger partial charge in [-0.1, -0.05) is 32.9 Å². The Kier molecular flexibility index (Phi) is 11.4. The van der Waals surface area contributed by atoms with Crippen LogP contribution in [0.3, 0.4) is 0 Å². The average molecular weight is 543 g/mol. The second-order valence-corrected chi connectivity index (χ2v) is 17.7. The molecular formula is C27H50N2O7Si. The number of hydroxylamine groups is 2. The lowest BCUT2D eigenvalue weighted by molar-refractivity contribution is -0.161. The van der Waals surface area contributed by atoms with Crippen molar-refractivity contribution in [2.24, 2.45) is 0 Å². The van der Waals surface area contributed by atoms with Crippen LogP contribution in [-0.2, 0) is 23.5 Å². The van der Waals surface area contributed by atoms with E-state index < -0.39 is 43.8 Å². The molecule has 1 rings (SSSR count). The van der Waals surface area contributed by atoms with Gasteiger partial charge in [0.2, 0.25) is 0 Å². The second-order valence-electron chi connectivity index (χ2n) is 12.9. The maximum atomic E-state index is 13.4. The maximum Gasteiger partial charge on any atom is 0.435 e. The number of hydrogen-bond donors (Lipinski definition) is 0. The third kappa shape index (κ3) is 10.4. The fourth-order valence-corrected chi connectivity index (χ4v) is 4.33. The van der Waals surface area contributed by atoms with E-state index >= 15 is 0 Å². The Balaban J connectivity index is 3.50. The Morgan fingerprint density at radius 2 is 1.65 bits per heavy atom. The SMILES string of the molecule is C=CCON(C(=O)OC(C)(C)C)C1CN(C(=O)OC(C)(C)C)C(CO[Si](C)(C)C(C)(C)C)C=C1COC. The Hall–Kier alpha value is -1.88. The lowest BCUT2D eigenvalue weighted by Gasteiger charge is -2.44. The first-order chi connectivity index (χ1) is 16.7. The molecule has 214 valence electrons. The smallest absolute Gasteiger partial charge is 0.435 e. The predicted molar refractivity (Wildman–Crippen MR) is 148 cm³/mol. The van der Waals surface area contributed by atoms with Gasteiger partial charge in [-0.3, -0.25) is 9.74 Å². The summed E-state index contributed by atoms with van der Waals surface area (Å²) in [5, 5.41) is 1.17. The highest BCUT2D eigenvalue weighted by Crippen LogP contribution is 2.37. The Labute approximate surface area is 225 Å². The molecule has 0 aliphatic carbocycles. The summed E-state index contributed by atoms with van der Waals surface area (Å²) < 4.78 is 23.3. The first-order valence-electron chi connectivity index (χ1n) is 12.8. The van der Waals surface area contributed by atoms with Crippen molar-refractivity contribution >= 4 is 20.5 Å². The third-order valence-electron chi connectivity index (χ3n) is 6.15. The van der Waals surface area contributed by atoms with Crippen LogP contribution in [0.1, 0.15) is 62.3 Å². The minimum atomic E-state index is -2.10. The molecule has 0 spiro atoms. The number of ether oxygens (including phenoxy) is 3. The molecule has 0 aromatic rings. The molecule has 1 heterocycles. The Morgan fingerprint density at radius 3 is 2.11 bits per heavy atom. The molecule has 0 aromatic carbocycles. The van der Waals surface area contributed by atoms with E-state index in [1.54, 1.807) is 38.9 Å². The molecule has 0 fully saturated rings. The quantitative estimate of drug-likeness (QED) is 0.203. The van der Waals surface area contributed by atoms with Crippen LogP contribution in [0.15, 0.2) is 24.3 Å². The summed E-state index contributed by atoms with van der Waals surface area (Å²) in [6, 6.07) is -1.07. The molecule has 2 unspecified atom stereocenters. The summed E-state index contributed by atoms with van der Waals surface area (Å²) in [5.41, 5.74) is -0.657. The van der Waals surface area contributed by atoms with E-state index in [0.29, 0.717) is 6.61 Å². The summed E-state index contributed by atoms with van der Waals surface area (Å²) >= 11 is 0. The van der Waals surface area contributed by atoms with Crippen LogP contribution in [0.5, 0.6) is 0 Å². The van der Waals surface area contributed by atoms with Crippen LogP contribution < -0.4 is 0 Å². The monoisotopic (exact) mass is 542 g/mol. The highest BCUT2D eigenvalue weighted by Gasteiger charge is 2.43. The molecule has 1 aliphatic rings. The molecule has 0 saturated carbocycles. The van der Waals surface area contributed by atoms with Crippen LogP contribution in [0, 0.1) is 0 Å². The molecule has 9 nitrogen and oxygen atoms in total. The highest BCUT2D eigenvalue weighted by atomic mass is 28.4. The van der Waals surface area contributed by atoms with E-state index in [2.05, 4.69) is 40.4 Å². The van der Waals surface area contributed by atoms with Crippen LogP contribution >= 0.6 is 0 Å². The number of methoxy groups -OCH3 is 1. The predicted octanol–water partition coefficient (Wildman–Crippen LogP) is 5.92. The fourth-order valence-electron chi connectivity index (χ4n) is 3.31. The van der Waals surface area contributed by atoms with Crippen LogP contribution in [-0.4, -0.2) is 87.2 Å². The van der Waals surface area contributed by atoms with E-state index in [-0.39, 0.29) is 24.8 Å². The van der Waals surface area contributed by atoms with Gasteiger partial charge >= 0.3 is 12.2 Å². The Bertz CT molecular complexity index is 822. The number of nitrogens with zero attached hydrogens (tertiary/aromatic N) is 2. The number of rotatable bonds is 9. The zero-order valence-electron chi connectivity index (χ0n) is 25.1. The topological polar surface area (TPSA) is 86.8 Å². The van der Waals surface area contributed by atoms with Gasteiger partial charge in [-0.2, -0.15) is 5.06 Å². The Morgan fingerprint density at radius 1 is 1.08 bits per heavy atom. The van der Waals surface area contributed by atoms with Gasteiger partial charge in [0.25, 0.3) is 0 Å². The van der Waals surface area contributed by atoms with Crippen molar-refractivity contribution in [2.75, 3.05) is 33.5 Å². The standard InChI is InChI=1S/C27H50N2O7Si/c1-14-15-33-29(24(31)36-26(5,6)7)22-17-28(23(30)35-25(2,3)4)21(16-20(22)18-32-11)19-34-37(12,13)27(8,9)10/h14,16,21-22H,1,15,17-19H2,2-13H3. The van der Waals surface area contributed by atoms with E-state index in [4.69, 9.17) is 23.5 Å². The summed E-state index contributed by atoms with van der Waals surface area (Å²) in [4.78, 5) is 34.0. The van der Waals surface area contributed by atoms with Crippen LogP contribution in [0.2, 0.25) is 18.1 Å². The first kappa shape index (κ1) is 33.1. The van der Waals surface area contributed by atoms with E-state index in [1.165, 1.54) is 5.06 Å². The number of carbonyl (C=O) groups excluding carboxylic acids is 2. The molecule has 0 bridgehead atoms. The van der Waals surface area contributed by atoms with Crippen molar-refractivity contribution in [3.8, 4) is 0 Å². The molecule has 0 radical (unpaired) electrons. The summed E-state index contributed by atoms with van der Waals surface area (Å²) in [6.45, 7) is 26.1. The van der Waals surface area contributed by atoms with E-state index in [1.807, 2.05) is 26.8 Å². The van der Waals surface area contributed by atoms with Crippen LogP contribution in [0.25, 0.3) is 0 Å². The lowest BCUT2D eigenvalue weighted by atomic mass is 9.98. The van der Waals surface area contributed by atoms with Crippen LogP contribution in [0.4, 0.5) is 9.59 Å². The molecule has 2 atom stereocenters. The van der Waals surface area contributed by atoms with Gasteiger partial charge in [0.1, 0.15) is 17.2 Å². The highest BCUT2D eigenvalue weighted by molar-refractivity contribution is 6.74. The van der Waals surface area contributed by atoms with Gasteiger partial charge in [0.15, 0.2) is 8.32 Å². The molecule has 1 aliphatic heterocycles. The minimum absolute atomic E-state index is 0.00602. The molecule has 10 heteroatoms. The zero-order chi connectivity index (χ0) is 28.8. The maximum absolute atomic E-state index is 13.4. The van der Waals surface area contributed by atoms with Crippen molar-refractivity contribution in [1.82, 2.24) is 9.96 Å². The first-order valence-corrected chi connectivity index (χ1v) is 15.7. The van der Waals surface area contributed by atoms with Gasteiger partial charge < -0.3 is 18.6 Å². The van der Waals surface area contributed by atoms with Gasteiger partial charge in [0.05, 0.1) is 32.4 Å². The third-order valence-corrected chi connectivity index (χ3v) is 10.7. The molecule has 0 aromatic heterocycles. The zero-order valence-corrected chi connectivity index (χ0v) is 26.1. The van der Waals surface area contributed by atoms with E-state index in [9.17, 15) is 9.59 Å². The fraction of sp³-hybridized carbons (Fsp3) is 0.778. The van der Waals surface area contributed by atoms with Crippen molar-refractivity contribution in [3.63, 3.8) is 0 Å². The largest absolute Gasteiger partial charge is 0.444 e. The van der Waals surface area contributed by atoms with Gasteiger partial charge in [0, 0.05) is 7.11 Å². The summed E-state index contributed by atoms with van der Waals surface area (Å²) in [7, 11) is -0.516. The van der Waals surface area contributed by atoms with Crippen molar-refractivity contribution in [3.05, 3.63) is 24.3 Å².